The van der Waals surface area contributed by atoms with E-state index in [4.69, 9.17) is 9.72 Å². The summed E-state index contributed by atoms with van der Waals surface area (Å²) in [4.78, 5) is 19.8. The molecule has 0 unspecified atom stereocenters. The monoisotopic (exact) mass is 404 g/mol. The van der Waals surface area contributed by atoms with Crippen molar-refractivity contribution in [2.75, 3.05) is 13.7 Å². The number of hydrogen-bond donors (Lipinski definition) is 0. The maximum absolute atomic E-state index is 13.3. The van der Waals surface area contributed by atoms with Crippen molar-refractivity contribution in [1.82, 2.24) is 9.88 Å². The third-order valence-electron chi connectivity index (χ3n) is 5.60. The van der Waals surface area contributed by atoms with Gasteiger partial charge in [0.1, 0.15) is 11.6 Å². The topological polar surface area (TPSA) is 42.4 Å². The molecule has 0 bridgehead atoms. The molecule has 0 N–H and O–H groups in total. The zero-order valence-electron chi connectivity index (χ0n) is 17.3. The second-order valence-corrected chi connectivity index (χ2v) is 7.66. The number of methoxy groups -OCH3 is 1. The van der Waals surface area contributed by atoms with E-state index in [0.29, 0.717) is 6.42 Å². The van der Waals surface area contributed by atoms with Gasteiger partial charge >= 0.3 is 0 Å². The number of aromatic nitrogens is 1. The Hall–Kier alpha value is -3.21. The van der Waals surface area contributed by atoms with Crippen molar-refractivity contribution in [2.45, 2.75) is 32.2 Å². The molecule has 1 saturated heterocycles. The molecule has 2 heterocycles. The lowest BCUT2D eigenvalue weighted by molar-refractivity contribution is -0.131. The SMILES string of the molecule is COc1ccccc1CC(=O)N1CCC[C@H]1c1cc(-c2ccc(F)cc2)cc(C)n1. The minimum Gasteiger partial charge on any atom is -0.496 e. The number of nitrogens with zero attached hydrogens (tertiary/aromatic N) is 2. The average Bonchev–Trinajstić information content (AvgIpc) is 3.24. The van der Waals surface area contributed by atoms with Gasteiger partial charge < -0.3 is 9.64 Å². The van der Waals surface area contributed by atoms with Crippen LogP contribution in [0.15, 0.2) is 60.7 Å². The van der Waals surface area contributed by atoms with Crippen molar-refractivity contribution in [3.8, 4) is 16.9 Å². The van der Waals surface area contributed by atoms with Crippen LogP contribution in [0.5, 0.6) is 5.75 Å². The number of amides is 1. The Labute approximate surface area is 176 Å². The standard InChI is InChI=1S/C25H25FN2O2/c1-17-14-20(18-9-11-21(26)12-10-18)15-22(27-17)23-7-5-13-28(23)25(29)16-19-6-3-4-8-24(19)30-2/h3-4,6,8-12,14-15,23H,5,7,13,16H2,1-2H3/t23-/m0/s1. The van der Waals surface area contributed by atoms with Crippen LogP contribution in [-0.4, -0.2) is 29.4 Å². The number of benzene rings is 2. The first-order valence-electron chi connectivity index (χ1n) is 10.2. The number of para-hydroxylation sites is 1. The van der Waals surface area contributed by atoms with Crippen LogP contribution in [0.1, 0.15) is 35.8 Å². The number of halogens is 1. The van der Waals surface area contributed by atoms with E-state index < -0.39 is 0 Å². The van der Waals surface area contributed by atoms with E-state index in [9.17, 15) is 9.18 Å². The van der Waals surface area contributed by atoms with E-state index in [2.05, 4.69) is 0 Å². The Morgan fingerprint density at radius 2 is 1.90 bits per heavy atom. The smallest absolute Gasteiger partial charge is 0.227 e. The third kappa shape index (κ3) is 4.20. The maximum atomic E-state index is 13.3. The van der Waals surface area contributed by atoms with Gasteiger partial charge in [-0.25, -0.2) is 4.39 Å². The van der Waals surface area contributed by atoms with Crippen molar-refractivity contribution in [2.24, 2.45) is 0 Å². The molecule has 1 amide bonds. The molecule has 1 aliphatic heterocycles. The predicted molar refractivity (Wildman–Crippen MR) is 115 cm³/mol. The fourth-order valence-electron chi connectivity index (χ4n) is 4.16. The van der Waals surface area contributed by atoms with E-state index >= 15 is 0 Å². The fraction of sp³-hybridized carbons (Fsp3) is 0.280. The minimum atomic E-state index is -0.256. The number of carbonyl (C=O) groups excluding carboxylic acids is 1. The quantitative estimate of drug-likeness (QED) is 0.593. The number of aryl methyl sites for hydroxylation is 1. The largest absolute Gasteiger partial charge is 0.496 e. The Morgan fingerprint density at radius 1 is 1.13 bits per heavy atom. The summed E-state index contributed by atoms with van der Waals surface area (Å²) in [6, 6.07) is 18.1. The number of hydrogen-bond acceptors (Lipinski definition) is 3. The molecule has 2 aromatic carbocycles. The molecule has 4 nitrogen and oxygen atoms in total. The molecule has 154 valence electrons. The van der Waals surface area contributed by atoms with Gasteiger partial charge in [-0.15, -0.1) is 0 Å². The van der Waals surface area contributed by atoms with E-state index in [0.717, 1.165) is 53.2 Å². The lowest BCUT2D eigenvalue weighted by Crippen LogP contribution is -2.32. The van der Waals surface area contributed by atoms with Crippen molar-refractivity contribution in [1.29, 1.82) is 0 Å². The van der Waals surface area contributed by atoms with Crippen LogP contribution in [0.3, 0.4) is 0 Å². The lowest BCUT2D eigenvalue weighted by Gasteiger charge is -2.25. The van der Waals surface area contributed by atoms with Crippen LogP contribution in [0.4, 0.5) is 4.39 Å². The summed E-state index contributed by atoms with van der Waals surface area (Å²) in [7, 11) is 1.62. The average molecular weight is 404 g/mol. The van der Waals surface area contributed by atoms with Gasteiger partial charge in [-0.2, -0.15) is 0 Å². The van der Waals surface area contributed by atoms with Crippen LogP contribution >= 0.6 is 0 Å². The van der Waals surface area contributed by atoms with Crippen LogP contribution in [0.25, 0.3) is 11.1 Å². The molecule has 1 fully saturated rings. The van der Waals surface area contributed by atoms with Crippen molar-refractivity contribution >= 4 is 5.91 Å². The molecular formula is C25H25FN2O2. The number of rotatable bonds is 5. The van der Waals surface area contributed by atoms with Gasteiger partial charge in [0.2, 0.25) is 5.91 Å². The first-order chi connectivity index (χ1) is 14.5. The summed E-state index contributed by atoms with van der Waals surface area (Å²) in [6.45, 7) is 2.67. The molecule has 1 aliphatic rings. The summed E-state index contributed by atoms with van der Waals surface area (Å²) in [5.41, 5.74) is 4.59. The van der Waals surface area contributed by atoms with Crippen molar-refractivity contribution in [3.63, 3.8) is 0 Å². The molecule has 3 aromatic rings. The van der Waals surface area contributed by atoms with Gasteiger partial charge in [0.05, 0.1) is 25.3 Å². The zero-order valence-corrected chi connectivity index (χ0v) is 17.3. The van der Waals surface area contributed by atoms with E-state index in [-0.39, 0.29) is 17.8 Å². The van der Waals surface area contributed by atoms with Gasteiger partial charge in [0, 0.05) is 17.8 Å². The fourth-order valence-corrected chi connectivity index (χ4v) is 4.16. The molecule has 1 atom stereocenters. The first-order valence-corrected chi connectivity index (χ1v) is 10.2. The van der Waals surface area contributed by atoms with Gasteiger partial charge in [-0.05, 0) is 61.2 Å². The molecule has 0 spiro atoms. The van der Waals surface area contributed by atoms with E-state index in [1.807, 2.05) is 48.2 Å². The molecule has 5 heteroatoms. The highest BCUT2D eigenvalue weighted by atomic mass is 19.1. The molecule has 0 saturated carbocycles. The molecule has 1 aromatic heterocycles. The highest BCUT2D eigenvalue weighted by molar-refractivity contribution is 5.80. The Balaban J connectivity index is 1.60. The molecule has 0 aliphatic carbocycles. The highest BCUT2D eigenvalue weighted by Gasteiger charge is 2.31. The van der Waals surface area contributed by atoms with Gasteiger partial charge in [0.15, 0.2) is 0 Å². The maximum Gasteiger partial charge on any atom is 0.227 e. The zero-order chi connectivity index (χ0) is 21.1. The molecule has 4 rings (SSSR count). The van der Waals surface area contributed by atoms with Crippen molar-refractivity contribution in [3.05, 3.63) is 83.4 Å². The van der Waals surface area contributed by atoms with Gasteiger partial charge in [-0.1, -0.05) is 30.3 Å². The van der Waals surface area contributed by atoms with Crippen LogP contribution in [-0.2, 0) is 11.2 Å². The minimum absolute atomic E-state index is 0.0497. The van der Waals surface area contributed by atoms with E-state index in [1.165, 1.54) is 12.1 Å². The van der Waals surface area contributed by atoms with Crippen LogP contribution in [0.2, 0.25) is 0 Å². The number of ether oxygens (including phenoxy) is 1. The number of carbonyl (C=O) groups is 1. The lowest BCUT2D eigenvalue weighted by atomic mass is 10.0. The molecular weight excluding hydrogens is 379 g/mol. The first kappa shape index (κ1) is 20.1. The Kier molecular flexibility index (Phi) is 5.79. The number of likely N-dealkylation sites (tertiary alicyclic amines) is 1. The van der Waals surface area contributed by atoms with Crippen molar-refractivity contribution < 1.29 is 13.9 Å². The normalized spacial score (nSPS) is 16.0. The van der Waals surface area contributed by atoms with Gasteiger partial charge in [-0.3, -0.25) is 9.78 Å². The summed E-state index contributed by atoms with van der Waals surface area (Å²) >= 11 is 0. The second kappa shape index (κ2) is 8.66. The third-order valence-corrected chi connectivity index (χ3v) is 5.60. The summed E-state index contributed by atoms with van der Waals surface area (Å²) in [6.07, 6.45) is 2.14. The highest BCUT2D eigenvalue weighted by Crippen LogP contribution is 2.34. The summed E-state index contributed by atoms with van der Waals surface area (Å²) in [5.74, 6) is 0.552. The second-order valence-electron chi connectivity index (χ2n) is 7.66. The Morgan fingerprint density at radius 3 is 2.67 bits per heavy atom. The number of pyridine rings is 1. The van der Waals surface area contributed by atoms with Crippen LogP contribution in [0, 0.1) is 12.7 Å². The summed E-state index contributed by atoms with van der Waals surface area (Å²) < 4.78 is 18.7. The molecule has 30 heavy (non-hydrogen) atoms. The molecule has 0 radical (unpaired) electrons. The van der Waals surface area contributed by atoms with E-state index in [1.54, 1.807) is 19.2 Å². The van der Waals surface area contributed by atoms with Crippen LogP contribution < -0.4 is 4.74 Å². The predicted octanol–water partition coefficient (Wildman–Crippen LogP) is 5.11. The Bertz CT molecular complexity index is 1050. The summed E-state index contributed by atoms with van der Waals surface area (Å²) in [5, 5.41) is 0. The van der Waals surface area contributed by atoms with Gasteiger partial charge in [0.25, 0.3) is 0 Å².